The monoisotopic (exact) mass is 2130 g/mol. The topological polar surface area (TPSA) is 349 Å². The number of amides is 1. The molecule has 0 aliphatic carbocycles. The summed E-state index contributed by atoms with van der Waals surface area (Å²) in [4.78, 5) is 66.6. The number of carboxylic acids is 1. The van der Waals surface area contributed by atoms with Crippen LogP contribution in [0.25, 0.3) is 0 Å². The number of Topliss-reactive ketones (excluding diaryl/α,β-unsaturated/α-hetero) is 2. The molecule has 9 aromatic carbocycles. The maximum atomic E-state index is 13.0. The number of nitrogens with two attached hydrogens (primary N) is 3. The Kier molecular flexibility index (Phi) is 72.1. The molecule has 0 saturated carbocycles. The first-order valence-corrected chi connectivity index (χ1v) is 38.9. The molecule has 9 aromatic rings. The second kappa shape index (κ2) is 70.4. The number of ketones is 2. The van der Waals surface area contributed by atoms with Gasteiger partial charge in [0.15, 0.2) is 17.5 Å². The largest absolute Gasteiger partial charge is 1.00 e. The molecule has 1 unspecified atom stereocenters. The molecule has 1 aliphatic rings. The van der Waals surface area contributed by atoms with E-state index in [4.69, 9.17) is 78.3 Å². The number of benzene rings is 9. The average molecular weight is 2130 g/mol. The Morgan fingerprint density at radius 3 is 1.26 bits per heavy atom. The zero-order valence-electron chi connectivity index (χ0n) is 67.1. The zero-order chi connectivity index (χ0) is 90.3. The number of aliphatic carboxylic acids is 1. The van der Waals surface area contributed by atoms with E-state index in [1.165, 1.54) is 56.1 Å². The van der Waals surface area contributed by atoms with Gasteiger partial charge in [0, 0.05) is 62.5 Å². The Morgan fingerprint density at radius 2 is 0.943 bits per heavy atom. The maximum absolute atomic E-state index is 13.0. The number of phenolic OH excluding ortho intramolecular Hbond substituents is 1. The normalized spacial score (nSPS) is 11.1. The van der Waals surface area contributed by atoms with Crippen LogP contribution in [0.5, 0.6) is 28.7 Å². The maximum Gasteiger partial charge on any atom is 1.00 e. The van der Waals surface area contributed by atoms with E-state index in [0.29, 0.717) is 33.6 Å². The Labute approximate surface area is 836 Å². The fourth-order valence-electron chi connectivity index (χ4n) is 8.45. The number of nitrogens with zero attached hydrogens (tertiary/aromatic N) is 5. The van der Waals surface area contributed by atoms with Crippen LogP contribution in [0.2, 0.25) is 0 Å². The predicted molar refractivity (Wildman–Crippen MR) is 454 cm³/mol. The minimum atomic E-state index is -4.11. The molecule has 1 heterocycles. The standard InChI is InChI=1S/C18H17F2N3O2.C16H12F2O3.C16H12F2O.C8H7F2IO.C8H6.C7H7IO.C2HClF2O2.C2H7N3.C2H3N.CHN.CH2O3.CH4.CH3.2ClH.2K.Pd.H/c1-11-10-13(8-9-14(11)25-16(19)20)18(12-6-4-3-5-7-12)15(24)23(2)17(21)22-18;1-10-9-12(7-8-13(10)21-16(17)18)15(20)14(19)11-5-3-2-4-6-11;1-12-11-14(9-10-15(12)19-16(17)18)8-7-13-5-3-2-4-6-13;1-5-4-6(11)2-3-7(5)12-8(9)10;1-2-8-6-4-3-5-7-8;1-5-4-6(8)2-3-7(5)9;3-2(4,5)1(6)7;1-5-2(3)4;1-2-3;1-2;2-1-4-3;;;;;;;;/h3-10,16H,1-2H3,(H2,21,22);2-9,16H,1H3;2-6,9-11,16H,1H3;2-4,8H,1H3;1,3-7H;2-4,9H,1H3;(H,6,7);1H3,(H4,3,4,5);1H3;1H;1,3H;1H4;1H3;2*1H;;;;/q;;;;;;;;;;;;-1;;;2*+1;+2;-1/p-3. The molecular formula is C83H82Cl3F10I2K2N8O13Pd-. The van der Waals surface area contributed by atoms with E-state index in [-0.39, 0.29) is 193 Å². The molecule has 1 aliphatic heterocycles. The van der Waals surface area contributed by atoms with E-state index in [9.17, 15) is 58.3 Å². The van der Waals surface area contributed by atoms with Crippen molar-refractivity contribution < 1.29 is 227 Å². The van der Waals surface area contributed by atoms with Crippen molar-refractivity contribution in [2.75, 3.05) is 14.1 Å². The molecule has 0 radical (unpaired) electrons. The van der Waals surface area contributed by atoms with E-state index in [2.05, 4.69) is 115 Å². The number of aryl methyl sites for hydroxylation is 5. The van der Waals surface area contributed by atoms with Crippen LogP contribution in [0.15, 0.2) is 222 Å². The molecule has 0 bridgehead atoms. The number of nitriles is 2. The molecule has 1 amide bonds. The third-order valence-corrected chi connectivity index (χ3v) is 15.1. The quantitative estimate of drug-likeness (QED) is 0.00508. The summed E-state index contributed by atoms with van der Waals surface area (Å²) in [7, 11) is 12.7. The first-order chi connectivity index (χ1) is 55.7. The number of halogens is 15. The van der Waals surface area contributed by atoms with E-state index in [0.717, 1.165) is 35.0 Å². The van der Waals surface area contributed by atoms with Crippen LogP contribution in [0.4, 0.5) is 43.9 Å². The van der Waals surface area contributed by atoms with Crippen molar-refractivity contribution in [1.82, 2.24) is 4.90 Å². The van der Waals surface area contributed by atoms with Crippen molar-refractivity contribution in [1.29, 1.82) is 10.5 Å². The first-order valence-electron chi connectivity index (χ1n) is 32.3. The van der Waals surface area contributed by atoms with Crippen LogP contribution >= 0.6 is 75.8 Å². The number of aliphatic imine (C=N–C) groups is 2. The predicted octanol–water partition coefficient (Wildman–Crippen LogP) is 12.9. The van der Waals surface area contributed by atoms with Gasteiger partial charge in [-0.25, -0.2) is 15.0 Å². The number of ether oxygens (including phenoxy) is 4. The summed E-state index contributed by atoms with van der Waals surface area (Å²) in [6.45, 7) is 1.85. The van der Waals surface area contributed by atoms with Crippen LogP contribution in [0.1, 0.15) is 92.1 Å². The number of likely N-dealkylation sites (N-methyl/N-ethyl adjacent to an activating group) is 1. The minimum absolute atomic E-state index is 0. The average Bonchev–Trinajstić information content (AvgIpc) is 1.60. The zero-order valence-corrected chi connectivity index (χ0v) is 80.5. The Bertz CT molecular complexity index is 4830. The number of rotatable bonds is 15. The molecule has 10 rings (SSSR count). The van der Waals surface area contributed by atoms with Gasteiger partial charge in [-0.05, 0) is 240 Å². The van der Waals surface area contributed by atoms with Crippen LogP contribution in [0, 0.1) is 96.5 Å². The number of guanidine groups is 2. The van der Waals surface area contributed by atoms with Gasteiger partial charge in [-0.2, -0.15) is 49.2 Å². The SMILES string of the molecule is C.C#Cc1ccccc1.C#N.CC#N.CN=C(N)N.Cc1cc(C#Cc2ccccc2)ccc1OC(F)F.Cc1cc(C(=O)C(=O)c2ccccc2)ccc1OC(F)F.Cc1cc(C2(c3ccccc3)N=C(N)N(C)C2=O)ccc1OC(F)F.Cc1cc(I)ccc1O.Cc1cc(I)ccc1OC(F)F.O=C(O)C(F)(F)Cl.O=CO[O-].[CH3-].[Cl][Pd][Cl].[H-].[K+].[K+]. The van der Waals surface area contributed by atoms with Crippen molar-refractivity contribution in [3.05, 3.63) is 294 Å². The number of aromatic hydroxyl groups is 1. The fourth-order valence-corrected chi connectivity index (χ4v) is 9.75. The van der Waals surface area contributed by atoms with Crippen LogP contribution < -0.4 is 144 Å². The number of phenols is 1. The van der Waals surface area contributed by atoms with Crippen LogP contribution in [-0.2, 0) is 40.7 Å². The Hall–Kier alpha value is -7.90. The van der Waals surface area contributed by atoms with E-state index < -0.39 is 54.9 Å². The van der Waals surface area contributed by atoms with E-state index in [1.54, 1.807) is 137 Å². The number of terminal acetylenes is 1. The molecule has 8 N–H and O–H groups in total. The number of alkyl halides is 11. The Balaban J connectivity index is -0.000000253. The fraction of sp³-hybridized carbons (Fsp3) is 0.181. The van der Waals surface area contributed by atoms with Crippen molar-refractivity contribution in [2.24, 2.45) is 27.2 Å². The number of carbonyl (C=O) groups is 5. The molecule has 1 atom stereocenters. The van der Waals surface area contributed by atoms with Gasteiger partial charge in [-0.1, -0.05) is 128 Å². The summed E-state index contributed by atoms with van der Waals surface area (Å²) in [5.41, 5.74) is 21.5. The van der Waals surface area contributed by atoms with Gasteiger partial charge < -0.3 is 65.4 Å². The van der Waals surface area contributed by atoms with Gasteiger partial charge in [-0.15, -0.1) is 6.42 Å². The van der Waals surface area contributed by atoms with Gasteiger partial charge in [0.05, 0.1) is 6.07 Å². The van der Waals surface area contributed by atoms with Gasteiger partial charge in [-0.3, -0.25) is 29.1 Å². The number of carbonyl (C=O) groups excluding carboxylic acids is 4. The smallest absolute Gasteiger partial charge is 1.00 e. The summed E-state index contributed by atoms with van der Waals surface area (Å²) in [5.74, 6) is 5.62. The van der Waals surface area contributed by atoms with E-state index >= 15 is 0 Å². The summed E-state index contributed by atoms with van der Waals surface area (Å²) < 4.78 is 139. The molecule has 0 spiro atoms. The summed E-state index contributed by atoms with van der Waals surface area (Å²) in [6, 6.07) is 62.1. The number of carboxylic acid groups (broad SMARTS) is 1. The van der Waals surface area contributed by atoms with Crippen molar-refractivity contribution >= 4 is 118 Å². The summed E-state index contributed by atoms with van der Waals surface area (Å²) in [6.07, 6.45) is 5.10. The van der Waals surface area contributed by atoms with Gasteiger partial charge >= 0.3 is 176 Å². The second-order valence-corrected chi connectivity index (χ2v) is 27.1. The summed E-state index contributed by atoms with van der Waals surface area (Å²) in [5, 5.41) is 34.5. The first kappa shape index (κ1) is 125. The van der Waals surface area contributed by atoms with Crippen LogP contribution in [-0.4, -0.2) is 103 Å². The van der Waals surface area contributed by atoms with Crippen molar-refractivity contribution in [2.45, 2.75) is 86.3 Å². The minimum Gasteiger partial charge on any atom is -1.00 e. The van der Waals surface area contributed by atoms with Gasteiger partial charge in [0.2, 0.25) is 11.6 Å². The molecule has 122 heavy (non-hydrogen) atoms. The molecule has 0 saturated heterocycles. The van der Waals surface area contributed by atoms with E-state index in [1.807, 2.05) is 85.8 Å². The van der Waals surface area contributed by atoms with Crippen LogP contribution in [0.3, 0.4) is 0 Å². The van der Waals surface area contributed by atoms with Gasteiger partial charge in [0.25, 0.3) is 12.4 Å². The van der Waals surface area contributed by atoms with Crippen molar-refractivity contribution in [3.8, 4) is 65.6 Å². The molecule has 0 aromatic heterocycles. The molecule has 0 fully saturated rings. The van der Waals surface area contributed by atoms with Crippen molar-refractivity contribution in [3.63, 3.8) is 0 Å². The number of hydrogen-bond donors (Lipinski definition) is 5. The second-order valence-electron chi connectivity index (χ2n) is 21.8. The third kappa shape index (κ3) is 51.4. The van der Waals surface area contributed by atoms with Gasteiger partial charge in [0.1, 0.15) is 28.7 Å². The molecule has 650 valence electrons. The third-order valence-electron chi connectivity index (χ3n) is 13.6. The molecular weight excluding hydrogens is 2050 g/mol. The number of hydrogen-bond acceptors (Lipinski definition) is 17. The molecule has 39 heteroatoms. The Morgan fingerprint density at radius 1 is 0.615 bits per heavy atom. The summed E-state index contributed by atoms with van der Waals surface area (Å²) >= 11 is 8.15. The molecule has 21 nitrogen and oxygen atoms in total.